The van der Waals surface area contributed by atoms with Gasteiger partial charge in [0.1, 0.15) is 5.52 Å². The highest BCUT2D eigenvalue weighted by atomic mass is 15.3. The van der Waals surface area contributed by atoms with Crippen molar-refractivity contribution < 1.29 is 0 Å². The summed E-state index contributed by atoms with van der Waals surface area (Å²) in [5.74, 6) is 1.07. The van der Waals surface area contributed by atoms with Crippen molar-refractivity contribution in [2.75, 3.05) is 18.0 Å². The maximum absolute atomic E-state index is 4.71. The molecule has 4 rings (SSSR count). The van der Waals surface area contributed by atoms with Crippen molar-refractivity contribution in [1.82, 2.24) is 14.6 Å². The number of hydrogen-bond acceptors (Lipinski definition) is 3. The lowest BCUT2D eigenvalue weighted by Gasteiger charge is -2.21. The first-order valence-corrected chi connectivity index (χ1v) is 8.06. The third-order valence-corrected chi connectivity index (χ3v) is 4.34. The summed E-state index contributed by atoms with van der Waals surface area (Å²) in [6.45, 7) is 2.19. The predicted molar refractivity (Wildman–Crippen MR) is 89.1 cm³/mol. The Bertz CT molecular complexity index is 755. The second-order valence-corrected chi connectivity index (χ2v) is 5.88. The van der Waals surface area contributed by atoms with E-state index in [0.717, 1.165) is 35.7 Å². The van der Waals surface area contributed by atoms with Crippen molar-refractivity contribution in [1.29, 1.82) is 0 Å². The summed E-state index contributed by atoms with van der Waals surface area (Å²) in [6, 6.07) is 12.5. The van der Waals surface area contributed by atoms with Gasteiger partial charge in [-0.3, -0.25) is 0 Å². The Labute approximate surface area is 130 Å². The highest BCUT2D eigenvalue weighted by molar-refractivity contribution is 5.75. The van der Waals surface area contributed by atoms with Gasteiger partial charge in [-0.25, -0.2) is 9.50 Å². The molecule has 112 valence electrons. The summed E-state index contributed by atoms with van der Waals surface area (Å²) in [5.41, 5.74) is 3.25. The quantitative estimate of drug-likeness (QED) is 0.721. The molecule has 0 amide bonds. The number of hydrogen-bond donors (Lipinski definition) is 0. The van der Waals surface area contributed by atoms with E-state index >= 15 is 0 Å². The Morgan fingerprint density at radius 2 is 1.68 bits per heavy atom. The molecule has 0 spiro atoms. The molecule has 1 aromatic carbocycles. The van der Waals surface area contributed by atoms with Gasteiger partial charge >= 0.3 is 0 Å². The molecule has 1 fully saturated rings. The molecule has 0 bridgehead atoms. The van der Waals surface area contributed by atoms with E-state index in [1.165, 1.54) is 25.7 Å². The topological polar surface area (TPSA) is 33.4 Å². The van der Waals surface area contributed by atoms with Gasteiger partial charge in [-0.1, -0.05) is 43.2 Å². The molecule has 3 aromatic rings. The first-order valence-electron chi connectivity index (χ1n) is 8.06. The van der Waals surface area contributed by atoms with Crippen LogP contribution >= 0.6 is 0 Å². The van der Waals surface area contributed by atoms with Crippen LogP contribution in [0.4, 0.5) is 5.82 Å². The lowest BCUT2D eigenvalue weighted by molar-refractivity contribution is 0.726. The fourth-order valence-corrected chi connectivity index (χ4v) is 3.18. The molecule has 1 saturated heterocycles. The average Bonchev–Trinajstić information content (AvgIpc) is 2.83. The number of fused-ring (bicyclic) bond motifs is 1. The molecular formula is C18H20N4. The van der Waals surface area contributed by atoms with E-state index in [1.807, 2.05) is 35.1 Å². The van der Waals surface area contributed by atoms with E-state index < -0.39 is 0 Å². The molecule has 22 heavy (non-hydrogen) atoms. The van der Waals surface area contributed by atoms with Gasteiger partial charge in [0.05, 0.1) is 5.69 Å². The minimum atomic E-state index is 1.00. The van der Waals surface area contributed by atoms with Gasteiger partial charge in [0.2, 0.25) is 0 Å². The molecule has 1 aliphatic rings. The molecular weight excluding hydrogens is 272 g/mol. The summed E-state index contributed by atoms with van der Waals surface area (Å²) < 4.78 is 1.95. The minimum absolute atomic E-state index is 1.00. The molecule has 0 radical (unpaired) electrons. The van der Waals surface area contributed by atoms with E-state index in [2.05, 4.69) is 28.1 Å². The number of benzene rings is 1. The zero-order valence-electron chi connectivity index (χ0n) is 12.7. The first kappa shape index (κ1) is 13.3. The largest absolute Gasteiger partial charge is 0.355 e. The molecule has 2 aromatic heterocycles. The van der Waals surface area contributed by atoms with E-state index in [4.69, 9.17) is 5.10 Å². The van der Waals surface area contributed by atoms with Crippen LogP contribution in [0.2, 0.25) is 0 Å². The minimum Gasteiger partial charge on any atom is -0.355 e. The Balaban J connectivity index is 1.78. The van der Waals surface area contributed by atoms with Crippen LogP contribution in [0.5, 0.6) is 0 Å². The Kier molecular flexibility index (Phi) is 3.51. The van der Waals surface area contributed by atoms with Gasteiger partial charge in [-0.15, -0.1) is 0 Å². The SMILES string of the molecule is c1ccc(-c2cc3c(N4CCCCCC4)nccn3n2)cc1. The van der Waals surface area contributed by atoms with E-state index in [1.54, 1.807) is 0 Å². The van der Waals surface area contributed by atoms with Gasteiger partial charge in [-0.2, -0.15) is 5.10 Å². The van der Waals surface area contributed by atoms with Crippen molar-refractivity contribution in [2.24, 2.45) is 0 Å². The molecule has 0 saturated carbocycles. The summed E-state index contributed by atoms with van der Waals surface area (Å²) >= 11 is 0. The first-order chi connectivity index (χ1) is 10.9. The van der Waals surface area contributed by atoms with Crippen LogP contribution in [0, 0.1) is 0 Å². The van der Waals surface area contributed by atoms with Crippen LogP contribution in [0.15, 0.2) is 48.8 Å². The van der Waals surface area contributed by atoms with Crippen LogP contribution < -0.4 is 4.90 Å². The van der Waals surface area contributed by atoms with Crippen LogP contribution in [0.3, 0.4) is 0 Å². The molecule has 1 aliphatic heterocycles. The highest BCUT2D eigenvalue weighted by Gasteiger charge is 2.16. The van der Waals surface area contributed by atoms with Gasteiger partial charge < -0.3 is 4.90 Å². The van der Waals surface area contributed by atoms with E-state index in [0.29, 0.717) is 0 Å². The smallest absolute Gasteiger partial charge is 0.154 e. The average molecular weight is 292 g/mol. The number of rotatable bonds is 2. The molecule has 0 atom stereocenters. The Morgan fingerprint density at radius 1 is 0.909 bits per heavy atom. The Hall–Kier alpha value is -2.36. The summed E-state index contributed by atoms with van der Waals surface area (Å²) in [4.78, 5) is 7.06. The van der Waals surface area contributed by atoms with Gasteiger partial charge in [-0.05, 0) is 18.9 Å². The van der Waals surface area contributed by atoms with Crippen LogP contribution in [0.1, 0.15) is 25.7 Å². The van der Waals surface area contributed by atoms with Crippen LogP contribution in [-0.4, -0.2) is 27.7 Å². The predicted octanol–water partition coefficient (Wildman–Crippen LogP) is 3.78. The molecule has 3 heterocycles. The maximum Gasteiger partial charge on any atom is 0.154 e. The van der Waals surface area contributed by atoms with Crippen molar-refractivity contribution in [3.63, 3.8) is 0 Å². The monoisotopic (exact) mass is 292 g/mol. The molecule has 0 aliphatic carbocycles. The van der Waals surface area contributed by atoms with Gasteiger partial charge in [0.15, 0.2) is 5.82 Å². The fourth-order valence-electron chi connectivity index (χ4n) is 3.18. The van der Waals surface area contributed by atoms with Crippen molar-refractivity contribution in [3.8, 4) is 11.3 Å². The number of nitrogens with zero attached hydrogens (tertiary/aromatic N) is 4. The van der Waals surface area contributed by atoms with Crippen LogP contribution in [-0.2, 0) is 0 Å². The number of anilines is 1. The van der Waals surface area contributed by atoms with Crippen LogP contribution in [0.25, 0.3) is 16.8 Å². The second kappa shape index (κ2) is 5.79. The zero-order chi connectivity index (χ0) is 14.8. The molecule has 0 unspecified atom stereocenters. The third kappa shape index (κ3) is 2.45. The summed E-state index contributed by atoms with van der Waals surface area (Å²) in [7, 11) is 0. The molecule has 4 heteroatoms. The van der Waals surface area contributed by atoms with Crippen molar-refractivity contribution >= 4 is 11.3 Å². The normalized spacial score (nSPS) is 15.9. The number of aromatic nitrogens is 3. The standard InChI is InChI=1S/C18H20N4/c1-2-7-12-21(11-6-1)18-17-14-16(15-8-4-3-5-9-15)20-22(17)13-10-19-18/h3-5,8-10,13-14H,1-2,6-7,11-12H2. The lowest BCUT2D eigenvalue weighted by Crippen LogP contribution is -2.25. The lowest BCUT2D eigenvalue weighted by atomic mass is 10.1. The summed E-state index contributed by atoms with van der Waals surface area (Å²) in [5, 5.41) is 4.71. The molecule has 0 N–H and O–H groups in total. The van der Waals surface area contributed by atoms with Crippen molar-refractivity contribution in [3.05, 3.63) is 48.8 Å². The van der Waals surface area contributed by atoms with E-state index in [9.17, 15) is 0 Å². The highest BCUT2D eigenvalue weighted by Crippen LogP contribution is 2.26. The third-order valence-electron chi connectivity index (χ3n) is 4.34. The second-order valence-electron chi connectivity index (χ2n) is 5.88. The van der Waals surface area contributed by atoms with Crippen molar-refractivity contribution in [2.45, 2.75) is 25.7 Å². The molecule has 4 nitrogen and oxygen atoms in total. The fraction of sp³-hybridized carbons (Fsp3) is 0.333. The Morgan fingerprint density at radius 3 is 2.45 bits per heavy atom. The summed E-state index contributed by atoms with van der Waals surface area (Å²) in [6.07, 6.45) is 8.95. The zero-order valence-corrected chi connectivity index (χ0v) is 12.7. The van der Waals surface area contributed by atoms with E-state index in [-0.39, 0.29) is 0 Å². The maximum atomic E-state index is 4.71. The van der Waals surface area contributed by atoms with Gasteiger partial charge in [0.25, 0.3) is 0 Å². The van der Waals surface area contributed by atoms with Gasteiger partial charge in [0, 0.05) is 31.0 Å².